The smallest absolute Gasteiger partial charge is 0.0885 e. The van der Waals surface area contributed by atoms with Gasteiger partial charge in [0, 0.05) is 0 Å². The zero-order valence-corrected chi connectivity index (χ0v) is 35.5. The van der Waals surface area contributed by atoms with E-state index in [1.54, 1.807) is 0 Å². The van der Waals surface area contributed by atoms with E-state index in [0.29, 0.717) is 19.4 Å². The molecule has 0 N–H and O–H groups in total. The Morgan fingerprint density at radius 1 is 0.426 bits per heavy atom. The first kappa shape index (κ1) is 47.2. The normalized spacial score (nSPS) is 12.7. The summed E-state index contributed by atoms with van der Waals surface area (Å²) in [5, 5.41) is 1.22. The van der Waals surface area contributed by atoms with Crippen molar-refractivity contribution in [3.05, 3.63) is 24.3 Å². The van der Waals surface area contributed by atoms with Crippen LogP contribution in [-0.4, -0.2) is 32.9 Å². The van der Waals surface area contributed by atoms with Gasteiger partial charge in [0.15, 0.2) is 0 Å². The van der Waals surface area contributed by atoms with E-state index in [4.69, 9.17) is 9.05 Å². The maximum absolute atomic E-state index is 13.6. The van der Waals surface area contributed by atoms with Crippen LogP contribution in [0.15, 0.2) is 24.3 Å². The van der Waals surface area contributed by atoms with Gasteiger partial charge in [-0.2, -0.15) is 0 Å². The zero-order valence-electron chi connectivity index (χ0n) is 32.8. The van der Waals surface area contributed by atoms with Gasteiger partial charge in [0.2, 0.25) is 0 Å². The molecular formula is C42H85AsO3P+. The van der Waals surface area contributed by atoms with Crippen molar-refractivity contribution in [3.63, 3.8) is 0 Å². The first-order valence-electron chi connectivity index (χ1n) is 20.8. The SMILES string of the molecule is CCCCCCCC/C=C/CCCCCCCCOP(=O)(CCC[As+](C)(C)C)OCCCCCCCC/C=C/CCCCCCCC. The first-order chi connectivity index (χ1) is 22.8. The fraction of sp³-hybridized carbons (Fsp3) is 0.905. The van der Waals surface area contributed by atoms with E-state index in [9.17, 15) is 4.57 Å². The van der Waals surface area contributed by atoms with E-state index in [1.807, 2.05) is 0 Å². The van der Waals surface area contributed by atoms with Gasteiger partial charge in [0.25, 0.3) is 0 Å². The average Bonchev–Trinajstić information content (AvgIpc) is 3.03. The summed E-state index contributed by atoms with van der Waals surface area (Å²) in [6.07, 6.45) is 47.5. The molecule has 0 aromatic carbocycles. The van der Waals surface area contributed by atoms with E-state index in [-0.39, 0.29) is 0 Å². The molecule has 280 valence electrons. The first-order valence-corrected chi connectivity index (χ1v) is 29.5. The van der Waals surface area contributed by atoms with Gasteiger partial charge in [-0.05, 0) is 38.5 Å². The van der Waals surface area contributed by atoms with Crippen LogP contribution < -0.4 is 0 Å². The number of hydrogen-bond acceptors (Lipinski definition) is 3. The summed E-state index contributed by atoms with van der Waals surface area (Å²) in [6, 6.07) is 0. The van der Waals surface area contributed by atoms with Gasteiger partial charge in [-0.25, -0.2) is 0 Å². The molecule has 47 heavy (non-hydrogen) atoms. The molecule has 0 saturated heterocycles. The fourth-order valence-electron chi connectivity index (χ4n) is 6.01. The van der Waals surface area contributed by atoms with Crippen LogP contribution in [0.5, 0.6) is 0 Å². The predicted octanol–water partition coefficient (Wildman–Crippen LogP) is 16.0. The summed E-state index contributed by atoms with van der Waals surface area (Å²) in [5.41, 5.74) is 7.26. The molecule has 0 amide bonds. The van der Waals surface area contributed by atoms with Crippen molar-refractivity contribution in [1.82, 2.24) is 0 Å². The molecule has 0 unspecified atom stereocenters. The molecule has 0 rings (SSSR count). The van der Waals surface area contributed by atoms with Crippen LogP contribution in [0.2, 0.25) is 22.3 Å². The van der Waals surface area contributed by atoms with Gasteiger partial charge >= 0.3 is 160 Å². The van der Waals surface area contributed by atoms with E-state index in [0.717, 1.165) is 19.3 Å². The van der Waals surface area contributed by atoms with Crippen molar-refractivity contribution in [2.24, 2.45) is 0 Å². The molecule has 5 heteroatoms. The van der Waals surface area contributed by atoms with Crippen molar-refractivity contribution < 1.29 is 13.6 Å². The average molecular weight is 744 g/mol. The van der Waals surface area contributed by atoms with E-state index >= 15 is 0 Å². The molecule has 0 aromatic rings. The minimum absolute atomic E-state index is 0.585. The summed E-state index contributed by atoms with van der Waals surface area (Å²) in [7, 11) is -2.97. The van der Waals surface area contributed by atoms with Crippen LogP contribution in [0.4, 0.5) is 0 Å². The summed E-state index contributed by atoms with van der Waals surface area (Å²) in [5.74, 6) is 0. The van der Waals surface area contributed by atoms with Crippen molar-refractivity contribution in [2.75, 3.05) is 19.4 Å². The van der Waals surface area contributed by atoms with E-state index in [1.165, 1.54) is 172 Å². The minimum atomic E-state index is -2.97. The molecule has 0 saturated carbocycles. The number of allylic oxidation sites excluding steroid dienone is 4. The van der Waals surface area contributed by atoms with Crippen molar-refractivity contribution in [3.8, 4) is 0 Å². The molecule has 0 radical (unpaired) electrons. The van der Waals surface area contributed by atoms with Crippen LogP contribution in [-0.2, 0) is 13.6 Å². The van der Waals surface area contributed by atoms with Gasteiger partial charge in [-0.15, -0.1) is 0 Å². The molecule has 0 aliphatic heterocycles. The number of unbranched alkanes of at least 4 members (excludes halogenated alkanes) is 24. The Morgan fingerprint density at radius 3 is 1.04 bits per heavy atom. The predicted molar refractivity (Wildman–Crippen MR) is 216 cm³/mol. The molecule has 0 bridgehead atoms. The summed E-state index contributed by atoms with van der Waals surface area (Å²) >= 11 is -1.49. The molecule has 0 aliphatic carbocycles. The Kier molecular flexibility index (Phi) is 36.1. The number of rotatable bonds is 38. The Labute approximate surface area is 299 Å². The Hall–Kier alpha value is 0.188. The van der Waals surface area contributed by atoms with Gasteiger partial charge in [0.05, 0.1) is 0 Å². The standard InChI is InChI=1S/C42H85AsO3P/c1-6-8-10-12-14-16-18-20-22-24-26-28-30-32-34-36-40-45-47(44,42-38-39-43(3,4)5)46-41-37-35-33-31-29-27-25-23-21-19-17-15-13-11-9-7-2/h20-23H,6-19,24-42H2,1-5H3/q+1/b22-20+,23-21+. The molecule has 0 aromatic heterocycles. The second-order valence-electron chi connectivity index (χ2n) is 15.2. The minimum Gasteiger partial charge on any atom is -0.0885 e. The molecule has 0 aliphatic rings. The maximum atomic E-state index is 13.6. The Bertz CT molecular complexity index is 682. The van der Waals surface area contributed by atoms with Crippen molar-refractivity contribution in [1.29, 1.82) is 0 Å². The second-order valence-corrected chi connectivity index (χ2v) is 28.0. The molecular weight excluding hydrogens is 658 g/mol. The summed E-state index contributed by atoms with van der Waals surface area (Å²) in [4.78, 5) is 0. The van der Waals surface area contributed by atoms with Gasteiger partial charge in [-0.3, -0.25) is 0 Å². The molecule has 0 fully saturated rings. The quantitative estimate of drug-likeness (QED) is 0.0273. The number of hydrogen-bond donors (Lipinski definition) is 0. The van der Waals surface area contributed by atoms with Gasteiger partial charge < -0.3 is 0 Å². The monoisotopic (exact) mass is 744 g/mol. The van der Waals surface area contributed by atoms with Crippen LogP contribution in [0.25, 0.3) is 0 Å². The third-order valence-corrected chi connectivity index (χ3v) is 14.6. The molecule has 0 spiro atoms. The van der Waals surface area contributed by atoms with Crippen LogP contribution in [0.3, 0.4) is 0 Å². The van der Waals surface area contributed by atoms with E-state index in [2.05, 4.69) is 55.3 Å². The van der Waals surface area contributed by atoms with Crippen LogP contribution in [0.1, 0.15) is 200 Å². The zero-order chi connectivity index (χ0) is 34.6. The fourth-order valence-corrected chi connectivity index (χ4v) is 10.6. The van der Waals surface area contributed by atoms with Crippen molar-refractivity contribution in [2.45, 2.75) is 222 Å². The molecule has 3 nitrogen and oxygen atoms in total. The van der Waals surface area contributed by atoms with Crippen LogP contribution >= 0.6 is 7.60 Å². The Balaban J connectivity index is 3.91. The van der Waals surface area contributed by atoms with Gasteiger partial charge in [-0.1, -0.05) is 102 Å². The van der Waals surface area contributed by atoms with Gasteiger partial charge in [0.1, 0.15) is 0 Å². The Morgan fingerprint density at radius 2 is 0.723 bits per heavy atom. The topological polar surface area (TPSA) is 35.5 Å². The third kappa shape index (κ3) is 38.8. The van der Waals surface area contributed by atoms with Crippen LogP contribution in [0, 0.1) is 0 Å². The van der Waals surface area contributed by atoms with E-state index < -0.39 is 21.1 Å². The second kappa shape index (κ2) is 36.0. The van der Waals surface area contributed by atoms with Crippen molar-refractivity contribution >= 4 is 21.1 Å². The summed E-state index contributed by atoms with van der Waals surface area (Å²) in [6.45, 7) is 5.74. The molecule has 0 atom stereocenters. The molecule has 0 heterocycles. The summed E-state index contributed by atoms with van der Waals surface area (Å²) < 4.78 is 25.6. The third-order valence-electron chi connectivity index (χ3n) is 9.15.